The Morgan fingerprint density at radius 1 is 1.73 bits per heavy atom. The van der Waals surface area contributed by atoms with E-state index >= 15 is 0 Å². The van der Waals surface area contributed by atoms with Gasteiger partial charge in [-0.1, -0.05) is 0 Å². The number of carbonyl (C=O) groups excluding carboxylic acids is 2. The number of ether oxygens (including phenoxy) is 1. The lowest BCUT2D eigenvalue weighted by Gasteiger charge is -2.11. The van der Waals surface area contributed by atoms with E-state index in [0.29, 0.717) is 12.5 Å². The Hall–Kier alpha value is -1.92. The van der Waals surface area contributed by atoms with Crippen molar-refractivity contribution in [3.8, 4) is 0 Å². The molecule has 1 aliphatic heterocycles. The Morgan fingerprint density at radius 3 is 3.13 bits per heavy atom. The Kier molecular flexibility index (Phi) is 2.36. The van der Waals surface area contributed by atoms with Gasteiger partial charge in [-0.2, -0.15) is 10.1 Å². The molecule has 1 N–H and O–H groups in total. The van der Waals surface area contributed by atoms with Gasteiger partial charge in [-0.3, -0.25) is 14.5 Å². The molecule has 0 saturated carbocycles. The Balaban J connectivity index is 2.11. The van der Waals surface area contributed by atoms with Crippen LogP contribution in [0, 0.1) is 5.92 Å². The summed E-state index contributed by atoms with van der Waals surface area (Å²) in [4.78, 5) is 28.0. The van der Waals surface area contributed by atoms with Gasteiger partial charge in [-0.15, -0.1) is 0 Å². The number of anilines is 1. The molecule has 1 aromatic heterocycles. The summed E-state index contributed by atoms with van der Waals surface area (Å²) in [7, 11) is 1.31. The van der Waals surface area contributed by atoms with E-state index in [1.165, 1.54) is 18.3 Å². The zero-order valence-corrected chi connectivity index (χ0v) is 8.14. The van der Waals surface area contributed by atoms with Gasteiger partial charge in [-0.25, -0.2) is 5.10 Å². The first kappa shape index (κ1) is 9.63. The number of nitrogens with one attached hydrogen (secondary N) is 1. The maximum Gasteiger partial charge on any atom is 0.311 e. The number of methoxy groups -OCH3 is 1. The maximum atomic E-state index is 11.5. The van der Waals surface area contributed by atoms with Crippen molar-refractivity contribution in [1.82, 2.24) is 15.2 Å². The number of carbonyl (C=O) groups is 2. The average Bonchev–Trinajstić information content (AvgIpc) is 2.84. The van der Waals surface area contributed by atoms with E-state index in [4.69, 9.17) is 0 Å². The first-order valence-corrected chi connectivity index (χ1v) is 4.46. The number of hydrogen-bond donors (Lipinski definition) is 1. The summed E-state index contributed by atoms with van der Waals surface area (Å²) in [5.74, 6) is -0.563. The van der Waals surface area contributed by atoms with Gasteiger partial charge in [0, 0.05) is 13.0 Å². The van der Waals surface area contributed by atoms with Crippen molar-refractivity contribution < 1.29 is 14.3 Å². The number of H-pyrrole nitrogens is 1. The van der Waals surface area contributed by atoms with Crippen LogP contribution in [-0.2, 0) is 14.3 Å². The largest absolute Gasteiger partial charge is 0.469 e. The standard InChI is InChI=1S/C8H10N4O3/c1-15-7(14)5-2-6(13)12(3-5)8-9-4-10-11-8/h4-5H,2-3H2,1H3,(H,9,10,11). The van der Waals surface area contributed by atoms with Crippen LogP contribution in [0.4, 0.5) is 5.95 Å². The smallest absolute Gasteiger partial charge is 0.311 e. The molecule has 0 bridgehead atoms. The van der Waals surface area contributed by atoms with Gasteiger partial charge in [0.1, 0.15) is 6.33 Å². The van der Waals surface area contributed by atoms with Crippen LogP contribution >= 0.6 is 0 Å². The van der Waals surface area contributed by atoms with Crippen molar-refractivity contribution in [3.63, 3.8) is 0 Å². The summed E-state index contributed by atoms with van der Waals surface area (Å²) < 4.78 is 4.58. The molecule has 15 heavy (non-hydrogen) atoms. The Bertz CT molecular complexity index is 375. The normalized spacial score (nSPS) is 20.7. The second-order valence-corrected chi connectivity index (χ2v) is 3.24. The van der Waals surface area contributed by atoms with E-state index in [9.17, 15) is 9.59 Å². The molecule has 0 spiro atoms. The second kappa shape index (κ2) is 3.68. The molecule has 0 aliphatic carbocycles. The Labute approximate surface area is 85.4 Å². The maximum absolute atomic E-state index is 11.5. The fourth-order valence-corrected chi connectivity index (χ4v) is 1.57. The average molecular weight is 210 g/mol. The van der Waals surface area contributed by atoms with Gasteiger partial charge in [0.2, 0.25) is 11.9 Å². The molecule has 2 heterocycles. The topological polar surface area (TPSA) is 88.2 Å². The van der Waals surface area contributed by atoms with Crippen LogP contribution in [0.2, 0.25) is 0 Å². The van der Waals surface area contributed by atoms with Crippen molar-refractivity contribution in [2.24, 2.45) is 5.92 Å². The quantitative estimate of drug-likeness (QED) is 0.654. The summed E-state index contributed by atoms with van der Waals surface area (Å²) in [6, 6.07) is 0. The zero-order chi connectivity index (χ0) is 10.8. The van der Waals surface area contributed by atoms with Crippen LogP contribution in [-0.4, -0.2) is 40.7 Å². The minimum atomic E-state index is -0.410. The van der Waals surface area contributed by atoms with Gasteiger partial charge in [0.15, 0.2) is 0 Å². The third-order valence-electron chi connectivity index (χ3n) is 2.32. The van der Waals surface area contributed by atoms with E-state index in [1.54, 1.807) is 0 Å². The molecule has 80 valence electrons. The molecule has 0 aromatic carbocycles. The number of amides is 1. The summed E-state index contributed by atoms with van der Waals surface area (Å²) >= 11 is 0. The van der Waals surface area contributed by atoms with E-state index in [0.717, 1.165) is 0 Å². The molecule has 1 aliphatic rings. The lowest BCUT2D eigenvalue weighted by molar-refractivity contribution is -0.145. The minimum absolute atomic E-state index is 0.151. The number of rotatable bonds is 2. The number of aromatic amines is 1. The number of hydrogen-bond acceptors (Lipinski definition) is 5. The molecular formula is C8H10N4O3. The molecule has 1 aromatic rings. The van der Waals surface area contributed by atoms with Crippen LogP contribution in [0.1, 0.15) is 6.42 Å². The van der Waals surface area contributed by atoms with E-state index in [1.807, 2.05) is 0 Å². The van der Waals surface area contributed by atoms with Crippen LogP contribution in [0.15, 0.2) is 6.33 Å². The zero-order valence-electron chi connectivity index (χ0n) is 8.14. The van der Waals surface area contributed by atoms with Gasteiger partial charge < -0.3 is 4.74 Å². The molecule has 0 radical (unpaired) electrons. The predicted molar refractivity (Wildman–Crippen MR) is 48.9 cm³/mol. The summed E-state index contributed by atoms with van der Waals surface area (Å²) in [5.41, 5.74) is 0. The van der Waals surface area contributed by atoms with Crippen molar-refractivity contribution in [1.29, 1.82) is 0 Å². The van der Waals surface area contributed by atoms with Crippen LogP contribution in [0.5, 0.6) is 0 Å². The van der Waals surface area contributed by atoms with Crippen LogP contribution in [0.25, 0.3) is 0 Å². The number of esters is 1. The first-order valence-electron chi connectivity index (χ1n) is 4.46. The molecule has 1 atom stereocenters. The molecule has 7 nitrogen and oxygen atoms in total. The van der Waals surface area contributed by atoms with Crippen LogP contribution in [0.3, 0.4) is 0 Å². The molecule has 1 amide bonds. The summed E-state index contributed by atoms with van der Waals surface area (Å²) in [6.45, 7) is 0.292. The highest BCUT2D eigenvalue weighted by molar-refractivity contribution is 5.98. The van der Waals surface area contributed by atoms with Gasteiger partial charge >= 0.3 is 5.97 Å². The molecule has 2 rings (SSSR count). The van der Waals surface area contributed by atoms with Crippen LogP contribution < -0.4 is 4.90 Å². The SMILES string of the molecule is COC(=O)C1CC(=O)N(c2ncn[nH]2)C1. The molecule has 7 heteroatoms. The highest BCUT2D eigenvalue weighted by Crippen LogP contribution is 2.22. The van der Waals surface area contributed by atoms with E-state index in [-0.39, 0.29) is 18.3 Å². The monoisotopic (exact) mass is 210 g/mol. The lowest BCUT2D eigenvalue weighted by atomic mass is 10.1. The van der Waals surface area contributed by atoms with Crippen molar-refractivity contribution in [2.45, 2.75) is 6.42 Å². The molecule has 1 unspecified atom stereocenters. The Morgan fingerprint density at radius 2 is 2.53 bits per heavy atom. The van der Waals surface area contributed by atoms with Crippen molar-refractivity contribution in [2.75, 3.05) is 18.6 Å². The summed E-state index contributed by atoms with van der Waals surface area (Å²) in [6.07, 6.45) is 1.47. The van der Waals surface area contributed by atoms with Crippen molar-refractivity contribution >= 4 is 17.8 Å². The number of nitrogens with zero attached hydrogens (tertiary/aromatic N) is 3. The second-order valence-electron chi connectivity index (χ2n) is 3.24. The van der Waals surface area contributed by atoms with Gasteiger partial charge in [-0.05, 0) is 0 Å². The third-order valence-corrected chi connectivity index (χ3v) is 2.32. The minimum Gasteiger partial charge on any atom is -0.469 e. The highest BCUT2D eigenvalue weighted by atomic mass is 16.5. The lowest BCUT2D eigenvalue weighted by Crippen LogP contribution is -2.27. The molecular weight excluding hydrogens is 200 g/mol. The molecule has 1 saturated heterocycles. The van der Waals surface area contributed by atoms with Crippen molar-refractivity contribution in [3.05, 3.63) is 6.33 Å². The van der Waals surface area contributed by atoms with Gasteiger partial charge in [0.25, 0.3) is 0 Å². The third kappa shape index (κ3) is 1.67. The van der Waals surface area contributed by atoms with E-state index < -0.39 is 5.92 Å². The van der Waals surface area contributed by atoms with Gasteiger partial charge in [0.05, 0.1) is 13.0 Å². The fraction of sp³-hybridized carbons (Fsp3) is 0.500. The number of aromatic nitrogens is 3. The van der Waals surface area contributed by atoms with E-state index in [2.05, 4.69) is 19.9 Å². The molecule has 1 fully saturated rings. The fourth-order valence-electron chi connectivity index (χ4n) is 1.57. The predicted octanol–water partition coefficient (Wildman–Crippen LogP) is -0.669. The highest BCUT2D eigenvalue weighted by Gasteiger charge is 2.36. The summed E-state index contributed by atoms with van der Waals surface area (Å²) in [5, 5.41) is 6.22. The first-order chi connectivity index (χ1) is 7.22.